The first-order valence-electron chi connectivity index (χ1n) is 11.0. The van der Waals surface area contributed by atoms with Gasteiger partial charge in [0.1, 0.15) is 23.9 Å². The summed E-state index contributed by atoms with van der Waals surface area (Å²) in [5.74, 6) is -2.54. The van der Waals surface area contributed by atoms with Crippen molar-refractivity contribution in [1.29, 1.82) is 0 Å². The van der Waals surface area contributed by atoms with Crippen LogP contribution in [0, 0.1) is 5.82 Å². The van der Waals surface area contributed by atoms with Crippen molar-refractivity contribution >= 4 is 39.9 Å². The molecule has 7 nitrogen and oxygen atoms in total. The van der Waals surface area contributed by atoms with E-state index < -0.39 is 34.2 Å². The number of halogens is 1. The van der Waals surface area contributed by atoms with Gasteiger partial charge in [0.2, 0.25) is 17.7 Å². The summed E-state index contributed by atoms with van der Waals surface area (Å²) >= 11 is 0. The standard InChI is InChI=1S/C24H28FN3O4S/c25-18-11-13-20(14-12-18)27-23(30)16-33(32)17-24(31)28(21-9-5-2-6-10-21)15-22(29)26-19-7-3-1-4-8-19/h2,5-6,9-14,19H,1,3-4,7-8,15-17H2,(H,26,29)(H,27,30). The average Bonchev–Trinajstić information content (AvgIpc) is 2.80. The minimum Gasteiger partial charge on any atom is -0.352 e. The van der Waals surface area contributed by atoms with Gasteiger partial charge in [-0.3, -0.25) is 18.6 Å². The Balaban J connectivity index is 1.58. The van der Waals surface area contributed by atoms with Crippen LogP contribution in [-0.2, 0) is 25.2 Å². The van der Waals surface area contributed by atoms with Crippen molar-refractivity contribution in [1.82, 2.24) is 5.32 Å². The fraction of sp³-hybridized carbons (Fsp3) is 0.375. The molecule has 3 amide bonds. The predicted molar refractivity (Wildman–Crippen MR) is 127 cm³/mol. The molecule has 1 saturated carbocycles. The second kappa shape index (κ2) is 12.2. The van der Waals surface area contributed by atoms with Crippen molar-refractivity contribution < 1.29 is 23.0 Å². The van der Waals surface area contributed by atoms with E-state index in [1.807, 2.05) is 0 Å². The van der Waals surface area contributed by atoms with Crippen LogP contribution in [0.2, 0.25) is 0 Å². The molecule has 0 spiro atoms. The molecule has 2 aromatic carbocycles. The zero-order chi connectivity index (χ0) is 23.6. The summed E-state index contributed by atoms with van der Waals surface area (Å²) in [7, 11) is -1.78. The maximum absolute atomic E-state index is 13.0. The van der Waals surface area contributed by atoms with Crippen LogP contribution >= 0.6 is 0 Å². The van der Waals surface area contributed by atoms with E-state index in [4.69, 9.17) is 0 Å². The first-order valence-corrected chi connectivity index (χ1v) is 12.4. The first-order chi connectivity index (χ1) is 15.9. The molecule has 0 aromatic heterocycles. The molecule has 33 heavy (non-hydrogen) atoms. The van der Waals surface area contributed by atoms with E-state index in [-0.39, 0.29) is 24.2 Å². The zero-order valence-electron chi connectivity index (χ0n) is 18.3. The van der Waals surface area contributed by atoms with Gasteiger partial charge < -0.3 is 15.5 Å². The lowest BCUT2D eigenvalue weighted by molar-refractivity contribution is -0.123. The Labute approximate surface area is 195 Å². The summed E-state index contributed by atoms with van der Waals surface area (Å²) in [6.07, 6.45) is 5.18. The van der Waals surface area contributed by atoms with Gasteiger partial charge in [-0.15, -0.1) is 0 Å². The smallest absolute Gasteiger partial charge is 0.240 e. The largest absolute Gasteiger partial charge is 0.352 e. The Morgan fingerprint density at radius 1 is 0.909 bits per heavy atom. The quantitative estimate of drug-likeness (QED) is 0.585. The molecule has 0 radical (unpaired) electrons. The van der Waals surface area contributed by atoms with Crippen molar-refractivity contribution in [2.45, 2.75) is 38.1 Å². The number of benzene rings is 2. The van der Waals surface area contributed by atoms with Crippen LogP contribution in [0.3, 0.4) is 0 Å². The monoisotopic (exact) mass is 473 g/mol. The highest BCUT2D eigenvalue weighted by Crippen LogP contribution is 2.18. The van der Waals surface area contributed by atoms with Crippen LogP contribution in [0.15, 0.2) is 54.6 Å². The van der Waals surface area contributed by atoms with Crippen LogP contribution in [0.4, 0.5) is 15.8 Å². The van der Waals surface area contributed by atoms with E-state index in [2.05, 4.69) is 10.6 Å². The molecular weight excluding hydrogens is 445 g/mol. The second-order valence-electron chi connectivity index (χ2n) is 8.00. The van der Waals surface area contributed by atoms with E-state index in [1.54, 1.807) is 30.3 Å². The molecule has 176 valence electrons. The van der Waals surface area contributed by atoms with Crippen molar-refractivity contribution in [3.05, 3.63) is 60.4 Å². The normalized spacial score (nSPS) is 14.8. The van der Waals surface area contributed by atoms with Gasteiger partial charge in [0, 0.05) is 28.2 Å². The highest BCUT2D eigenvalue weighted by Gasteiger charge is 2.24. The van der Waals surface area contributed by atoms with Crippen molar-refractivity contribution in [2.24, 2.45) is 0 Å². The highest BCUT2D eigenvalue weighted by molar-refractivity contribution is 7.86. The van der Waals surface area contributed by atoms with E-state index in [0.717, 1.165) is 25.7 Å². The van der Waals surface area contributed by atoms with E-state index in [0.29, 0.717) is 11.4 Å². The molecule has 1 aliphatic carbocycles. The topological polar surface area (TPSA) is 95.6 Å². The summed E-state index contributed by atoms with van der Waals surface area (Å²) in [4.78, 5) is 39.0. The van der Waals surface area contributed by atoms with E-state index in [9.17, 15) is 23.0 Å². The minimum atomic E-state index is -1.78. The van der Waals surface area contributed by atoms with Gasteiger partial charge in [0.15, 0.2) is 0 Å². The SMILES string of the molecule is O=C(CS(=O)CC(=O)N(CC(=O)NC1CCCCC1)c1ccccc1)Nc1ccc(F)cc1. The third-order valence-electron chi connectivity index (χ3n) is 5.35. The highest BCUT2D eigenvalue weighted by atomic mass is 32.2. The summed E-state index contributed by atoms with van der Waals surface area (Å²) in [5, 5.41) is 5.52. The van der Waals surface area contributed by atoms with Crippen LogP contribution in [0.25, 0.3) is 0 Å². The Hall–Kier alpha value is -3.07. The second-order valence-corrected chi connectivity index (χ2v) is 9.46. The Kier molecular flexibility index (Phi) is 9.12. The number of carbonyl (C=O) groups excluding carboxylic acids is 3. The maximum Gasteiger partial charge on any atom is 0.240 e. The summed E-state index contributed by atoms with van der Waals surface area (Å²) in [5.41, 5.74) is 0.893. The summed E-state index contributed by atoms with van der Waals surface area (Å²) < 4.78 is 25.5. The molecule has 2 aromatic rings. The van der Waals surface area contributed by atoms with Crippen LogP contribution in [-0.4, -0.2) is 46.0 Å². The number of para-hydroxylation sites is 1. The molecule has 3 rings (SSSR count). The summed E-state index contributed by atoms with van der Waals surface area (Å²) in [6.45, 7) is -0.182. The molecule has 1 atom stereocenters. The fourth-order valence-corrected chi connectivity index (χ4v) is 4.64. The van der Waals surface area contributed by atoms with Crippen molar-refractivity contribution in [3.8, 4) is 0 Å². The lowest BCUT2D eigenvalue weighted by Gasteiger charge is -2.26. The molecular formula is C24H28FN3O4S. The van der Waals surface area contributed by atoms with Crippen molar-refractivity contribution in [3.63, 3.8) is 0 Å². The first kappa shape index (κ1) is 24.6. The molecule has 0 aliphatic heterocycles. The Bertz CT molecular complexity index is 979. The van der Waals surface area contributed by atoms with Gasteiger partial charge in [-0.1, -0.05) is 37.5 Å². The fourth-order valence-electron chi connectivity index (χ4n) is 3.74. The number of hydrogen-bond acceptors (Lipinski definition) is 4. The number of hydrogen-bond donors (Lipinski definition) is 2. The molecule has 2 N–H and O–H groups in total. The lowest BCUT2D eigenvalue weighted by atomic mass is 9.95. The number of carbonyl (C=O) groups is 3. The number of anilines is 2. The number of nitrogens with one attached hydrogen (secondary N) is 2. The van der Waals surface area contributed by atoms with Crippen molar-refractivity contribution in [2.75, 3.05) is 28.3 Å². The lowest BCUT2D eigenvalue weighted by Crippen LogP contribution is -2.46. The van der Waals surface area contributed by atoms with Gasteiger partial charge in [0.25, 0.3) is 0 Å². The number of amides is 3. The maximum atomic E-state index is 13.0. The Morgan fingerprint density at radius 2 is 1.58 bits per heavy atom. The summed E-state index contributed by atoms with van der Waals surface area (Å²) in [6, 6.07) is 14.0. The minimum absolute atomic E-state index is 0.114. The van der Waals surface area contributed by atoms with Gasteiger partial charge >= 0.3 is 0 Å². The molecule has 1 unspecified atom stereocenters. The number of nitrogens with zero attached hydrogens (tertiary/aromatic N) is 1. The van der Waals surface area contributed by atoms with Gasteiger partial charge in [0.05, 0.1) is 0 Å². The molecule has 0 bridgehead atoms. The van der Waals surface area contributed by atoms with Gasteiger partial charge in [-0.05, 0) is 49.2 Å². The van der Waals surface area contributed by atoms with Crippen LogP contribution in [0.1, 0.15) is 32.1 Å². The predicted octanol–water partition coefficient (Wildman–Crippen LogP) is 3.00. The number of rotatable bonds is 9. The molecule has 1 fully saturated rings. The van der Waals surface area contributed by atoms with Crippen LogP contribution < -0.4 is 15.5 Å². The molecule has 0 heterocycles. The van der Waals surface area contributed by atoms with E-state index in [1.165, 1.54) is 35.6 Å². The third kappa shape index (κ3) is 8.09. The van der Waals surface area contributed by atoms with Gasteiger partial charge in [-0.25, -0.2) is 4.39 Å². The molecule has 9 heteroatoms. The van der Waals surface area contributed by atoms with Crippen LogP contribution in [0.5, 0.6) is 0 Å². The van der Waals surface area contributed by atoms with E-state index >= 15 is 0 Å². The zero-order valence-corrected chi connectivity index (χ0v) is 19.1. The van der Waals surface area contributed by atoms with Gasteiger partial charge in [-0.2, -0.15) is 0 Å². The molecule has 1 aliphatic rings. The third-order valence-corrected chi connectivity index (χ3v) is 6.50. The average molecular weight is 474 g/mol. The molecule has 0 saturated heterocycles. The Morgan fingerprint density at radius 3 is 2.24 bits per heavy atom.